The van der Waals surface area contributed by atoms with Crippen LogP contribution in [0.5, 0.6) is 23.0 Å². The molecule has 30 heavy (non-hydrogen) atoms. The minimum Gasteiger partial charge on any atom is -0.493 e. The van der Waals surface area contributed by atoms with Gasteiger partial charge in [-0.1, -0.05) is 11.3 Å². The lowest BCUT2D eigenvalue weighted by atomic mass is 10.1. The Morgan fingerprint density at radius 3 is 2.50 bits per heavy atom. The van der Waals surface area contributed by atoms with Gasteiger partial charge in [0, 0.05) is 24.7 Å². The third-order valence-corrected chi connectivity index (χ3v) is 5.66. The molecule has 0 fully saturated rings. The van der Waals surface area contributed by atoms with E-state index in [1.54, 1.807) is 0 Å². The molecule has 0 saturated carbocycles. The van der Waals surface area contributed by atoms with Crippen LogP contribution in [0.15, 0.2) is 29.3 Å². The molecule has 156 valence electrons. The van der Waals surface area contributed by atoms with Crippen molar-refractivity contribution < 1.29 is 28.7 Å². The summed E-state index contributed by atoms with van der Waals surface area (Å²) in [6.45, 7) is 2.62. The molecule has 10 nitrogen and oxygen atoms in total. The fraction of sp³-hybridized carbons (Fsp3) is 0.263. The highest BCUT2D eigenvalue weighted by Crippen LogP contribution is 2.37. The number of carbonyl (C=O) groups is 1. The second-order valence-corrected chi connectivity index (χ2v) is 7.21. The average molecular weight is 431 g/mol. The van der Waals surface area contributed by atoms with E-state index in [4.69, 9.17) is 18.9 Å². The standard InChI is InChI=1S/C19H17N3O7S/c1-4-21-12-7-15-16(29-9-28-15)8-17(12)30-19(21)20-18(23)10-5-13(26-2)14(27-3)6-11(10)22(24)25/h5-8H,4,9H2,1-3H3. The summed E-state index contributed by atoms with van der Waals surface area (Å²) < 4.78 is 23.8. The van der Waals surface area contributed by atoms with Crippen molar-refractivity contribution in [3.05, 3.63) is 44.7 Å². The molecule has 4 rings (SSSR count). The average Bonchev–Trinajstić information content (AvgIpc) is 3.33. The molecule has 2 aromatic carbocycles. The van der Waals surface area contributed by atoms with E-state index in [1.807, 2.05) is 23.6 Å². The lowest BCUT2D eigenvalue weighted by molar-refractivity contribution is -0.385. The number of ether oxygens (including phenoxy) is 4. The zero-order valence-corrected chi connectivity index (χ0v) is 17.1. The molecular weight excluding hydrogens is 414 g/mol. The van der Waals surface area contributed by atoms with Crippen LogP contribution in [0.1, 0.15) is 17.3 Å². The van der Waals surface area contributed by atoms with E-state index in [9.17, 15) is 14.9 Å². The van der Waals surface area contributed by atoms with Gasteiger partial charge in [-0.05, 0) is 6.92 Å². The smallest absolute Gasteiger partial charge is 0.286 e. The molecule has 0 N–H and O–H groups in total. The van der Waals surface area contributed by atoms with Crippen molar-refractivity contribution in [1.82, 2.24) is 4.57 Å². The van der Waals surface area contributed by atoms with E-state index in [0.29, 0.717) is 22.8 Å². The largest absolute Gasteiger partial charge is 0.493 e. The lowest BCUT2D eigenvalue weighted by Gasteiger charge is -2.08. The van der Waals surface area contributed by atoms with Crippen LogP contribution in [0.2, 0.25) is 0 Å². The van der Waals surface area contributed by atoms with Crippen molar-refractivity contribution in [1.29, 1.82) is 0 Å². The summed E-state index contributed by atoms with van der Waals surface area (Å²) in [5.41, 5.74) is 0.235. The Bertz CT molecular complexity index is 1250. The molecule has 0 unspecified atom stereocenters. The normalized spacial score (nSPS) is 13.0. The third kappa shape index (κ3) is 3.22. The first-order chi connectivity index (χ1) is 14.5. The lowest BCUT2D eigenvalue weighted by Crippen LogP contribution is -2.16. The van der Waals surface area contributed by atoms with Gasteiger partial charge in [0.05, 0.1) is 35.4 Å². The highest BCUT2D eigenvalue weighted by Gasteiger charge is 2.25. The number of aryl methyl sites for hydroxylation is 1. The highest BCUT2D eigenvalue weighted by atomic mass is 32.1. The quantitative estimate of drug-likeness (QED) is 0.450. The molecule has 0 atom stereocenters. The maximum atomic E-state index is 12.9. The Labute approximate surface area is 174 Å². The van der Waals surface area contributed by atoms with E-state index < -0.39 is 16.5 Å². The molecule has 1 aliphatic heterocycles. The third-order valence-electron chi connectivity index (χ3n) is 4.62. The van der Waals surface area contributed by atoms with Crippen molar-refractivity contribution in [3.8, 4) is 23.0 Å². The monoisotopic (exact) mass is 431 g/mol. The zero-order chi connectivity index (χ0) is 21.4. The number of amides is 1. The second kappa shape index (κ2) is 7.67. The molecule has 0 aliphatic carbocycles. The number of benzene rings is 2. The van der Waals surface area contributed by atoms with Crippen LogP contribution in [-0.4, -0.2) is 36.4 Å². The minimum absolute atomic E-state index is 0.153. The molecule has 1 aromatic heterocycles. The summed E-state index contributed by atoms with van der Waals surface area (Å²) in [5, 5.41) is 11.5. The van der Waals surface area contributed by atoms with Gasteiger partial charge in [0.2, 0.25) is 6.79 Å². The van der Waals surface area contributed by atoms with Crippen LogP contribution in [-0.2, 0) is 6.54 Å². The summed E-state index contributed by atoms with van der Waals surface area (Å²) in [6.07, 6.45) is 0. The predicted molar refractivity (Wildman–Crippen MR) is 108 cm³/mol. The molecule has 0 spiro atoms. The summed E-state index contributed by atoms with van der Waals surface area (Å²) in [6, 6.07) is 6.08. The van der Waals surface area contributed by atoms with Crippen molar-refractivity contribution in [3.63, 3.8) is 0 Å². The fourth-order valence-corrected chi connectivity index (χ4v) is 4.29. The van der Waals surface area contributed by atoms with E-state index in [0.717, 1.165) is 16.3 Å². The number of methoxy groups -OCH3 is 2. The first-order valence-electron chi connectivity index (χ1n) is 8.89. The molecular formula is C19H17N3O7S. The summed E-state index contributed by atoms with van der Waals surface area (Å²) in [4.78, 5) is 28.4. The number of hydrogen-bond donors (Lipinski definition) is 0. The van der Waals surface area contributed by atoms with Crippen molar-refractivity contribution in [2.45, 2.75) is 13.5 Å². The summed E-state index contributed by atoms with van der Waals surface area (Å²) in [5.74, 6) is 0.848. The topological polar surface area (TPSA) is 114 Å². The van der Waals surface area contributed by atoms with Gasteiger partial charge in [-0.25, -0.2) is 0 Å². The highest BCUT2D eigenvalue weighted by molar-refractivity contribution is 7.16. The fourth-order valence-electron chi connectivity index (χ4n) is 3.19. The van der Waals surface area contributed by atoms with E-state index in [1.165, 1.54) is 31.6 Å². The summed E-state index contributed by atoms with van der Waals surface area (Å²) in [7, 11) is 2.75. The molecule has 11 heteroatoms. The number of nitro benzene ring substituents is 1. The van der Waals surface area contributed by atoms with Crippen LogP contribution in [0, 0.1) is 10.1 Å². The summed E-state index contributed by atoms with van der Waals surface area (Å²) >= 11 is 1.28. The van der Waals surface area contributed by atoms with Gasteiger partial charge in [0.15, 0.2) is 27.8 Å². The Balaban J connectivity index is 1.87. The van der Waals surface area contributed by atoms with Gasteiger partial charge in [-0.15, -0.1) is 0 Å². The van der Waals surface area contributed by atoms with Crippen molar-refractivity contribution in [2.24, 2.45) is 4.99 Å². The van der Waals surface area contributed by atoms with Crippen LogP contribution in [0.3, 0.4) is 0 Å². The molecule has 0 bridgehead atoms. The van der Waals surface area contributed by atoms with Gasteiger partial charge in [-0.2, -0.15) is 4.99 Å². The van der Waals surface area contributed by atoms with Crippen molar-refractivity contribution >= 4 is 33.1 Å². The zero-order valence-electron chi connectivity index (χ0n) is 16.3. The number of rotatable bonds is 5. The van der Waals surface area contributed by atoms with Gasteiger partial charge in [0.25, 0.3) is 11.6 Å². The molecule has 0 radical (unpaired) electrons. The van der Waals surface area contributed by atoms with Crippen LogP contribution >= 0.6 is 11.3 Å². The van der Waals surface area contributed by atoms with Crippen molar-refractivity contribution in [2.75, 3.05) is 21.0 Å². The minimum atomic E-state index is -0.753. The number of nitrogens with zero attached hydrogens (tertiary/aromatic N) is 3. The van der Waals surface area contributed by atoms with E-state index in [2.05, 4.69) is 4.99 Å². The van der Waals surface area contributed by atoms with Gasteiger partial charge < -0.3 is 23.5 Å². The molecule has 2 heterocycles. The van der Waals surface area contributed by atoms with Gasteiger partial charge in [0.1, 0.15) is 5.56 Å². The number of hydrogen-bond acceptors (Lipinski definition) is 8. The molecule has 1 amide bonds. The Hall–Kier alpha value is -3.60. The number of nitro groups is 1. The molecule has 1 aliphatic rings. The number of fused-ring (bicyclic) bond motifs is 2. The maximum absolute atomic E-state index is 12.9. The van der Waals surface area contributed by atoms with Crippen LogP contribution in [0.4, 0.5) is 5.69 Å². The number of aromatic nitrogens is 1. The van der Waals surface area contributed by atoms with Gasteiger partial charge >= 0.3 is 0 Å². The second-order valence-electron chi connectivity index (χ2n) is 6.20. The Morgan fingerprint density at radius 2 is 1.87 bits per heavy atom. The first kappa shape index (κ1) is 19.7. The number of carbonyl (C=O) groups excluding carboxylic acids is 1. The Morgan fingerprint density at radius 1 is 1.20 bits per heavy atom. The van der Waals surface area contributed by atoms with Gasteiger partial charge in [-0.3, -0.25) is 14.9 Å². The SMILES string of the molecule is CCn1c(=NC(=O)c2cc(OC)c(OC)cc2[N+](=O)[O-])sc2cc3c(cc21)OCO3. The molecule has 0 saturated heterocycles. The molecule has 3 aromatic rings. The van der Waals surface area contributed by atoms with Crippen LogP contribution in [0.25, 0.3) is 10.2 Å². The van der Waals surface area contributed by atoms with E-state index >= 15 is 0 Å². The maximum Gasteiger partial charge on any atom is 0.286 e. The predicted octanol–water partition coefficient (Wildman–Crippen LogP) is 3.12. The van der Waals surface area contributed by atoms with Crippen LogP contribution < -0.4 is 23.7 Å². The first-order valence-corrected chi connectivity index (χ1v) is 9.71. The van der Waals surface area contributed by atoms with E-state index in [-0.39, 0.29) is 23.9 Å². The number of thiazole rings is 1. The Kier molecular flexibility index (Phi) is 5.04.